The minimum absolute atomic E-state index is 0.412. The maximum Gasteiger partial charge on any atom is -0.0101 e. The molecule has 0 aromatic heterocycles. The topological polar surface area (TPSA) is 0 Å². The molecule has 0 bridgehead atoms. The van der Waals surface area contributed by atoms with Crippen LogP contribution in [0, 0.1) is 21.7 Å². The molecule has 0 atom stereocenters. The number of aryl methyl sites for hydroxylation is 1. The van der Waals surface area contributed by atoms with Crippen LogP contribution < -0.4 is 0 Å². The maximum absolute atomic E-state index is 2.42. The molecule has 0 N–H and O–H groups in total. The molecule has 0 radical (unpaired) electrons. The lowest BCUT2D eigenvalue weighted by molar-refractivity contribution is 0.244. The molecule has 0 nitrogen and oxygen atoms in total. The van der Waals surface area contributed by atoms with Crippen molar-refractivity contribution in [3.05, 3.63) is 35.4 Å². The summed E-state index contributed by atoms with van der Waals surface area (Å²) in [7, 11) is 0. The van der Waals surface area contributed by atoms with E-state index in [1.807, 2.05) is 13.8 Å². The maximum atomic E-state index is 2.42. The molecule has 0 heteroatoms. The van der Waals surface area contributed by atoms with E-state index < -0.39 is 0 Å². The van der Waals surface area contributed by atoms with Crippen LogP contribution in [0.15, 0.2) is 24.3 Å². The van der Waals surface area contributed by atoms with Crippen LogP contribution in [-0.4, -0.2) is 0 Å². The van der Waals surface area contributed by atoms with Crippen molar-refractivity contribution in [3.63, 3.8) is 0 Å². The van der Waals surface area contributed by atoms with Gasteiger partial charge in [-0.05, 0) is 109 Å². The number of rotatable bonds is 0. The molecular formula is C48H90. The van der Waals surface area contributed by atoms with Gasteiger partial charge in [-0.15, -0.1) is 0 Å². The summed E-state index contributed by atoms with van der Waals surface area (Å²) in [5, 5.41) is 0. The largest absolute Gasteiger partial charge is 0.0683 e. The fraction of sp³-hybridized carbons (Fsp3) is 0.875. The average Bonchev–Trinajstić information content (AvgIpc) is 3.31. The van der Waals surface area contributed by atoms with Gasteiger partial charge >= 0.3 is 0 Å². The van der Waals surface area contributed by atoms with Crippen LogP contribution in [-0.2, 0) is 11.8 Å². The summed E-state index contributed by atoms with van der Waals surface area (Å²) in [6.45, 7) is 27.8. The number of hydrogen-bond acceptors (Lipinski definition) is 0. The predicted octanol–water partition coefficient (Wildman–Crippen LogP) is 17.0. The minimum Gasteiger partial charge on any atom is -0.0683 e. The lowest BCUT2D eigenvalue weighted by Crippen LogP contribution is -2.23. The Kier molecular flexibility index (Phi) is 21.6. The quantitative estimate of drug-likeness (QED) is 0.242. The van der Waals surface area contributed by atoms with Crippen molar-refractivity contribution in [3.8, 4) is 0 Å². The second-order valence-corrected chi connectivity index (χ2v) is 20.0. The Morgan fingerprint density at radius 2 is 0.604 bits per heavy atom. The molecule has 1 aromatic rings. The van der Waals surface area contributed by atoms with E-state index in [2.05, 4.69) is 93.5 Å². The van der Waals surface area contributed by atoms with E-state index in [9.17, 15) is 0 Å². The van der Waals surface area contributed by atoms with Crippen LogP contribution in [0.1, 0.15) is 248 Å². The Hall–Kier alpha value is -0.780. The van der Waals surface area contributed by atoms with Crippen molar-refractivity contribution >= 4 is 0 Å². The molecular weight excluding hydrogens is 577 g/mol. The Morgan fingerprint density at radius 3 is 0.917 bits per heavy atom. The van der Waals surface area contributed by atoms with Crippen LogP contribution in [0.3, 0.4) is 0 Å². The SMILES string of the molecule is CC.CC1(C)CCCC1.CC1(C)CCCCC1.CC1(C)CCCCCC1.CC1(C)CCCCCCC1.CC1(C)CCCc2ccccc21. The summed E-state index contributed by atoms with van der Waals surface area (Å²) in [4.78, 5) is 0. The molecule has 1 aromatic carbocycles. The van der Waals surface area contributed by atoms with Crippen molar-refractivity contribution in [1.29, 1.82) is 0 Å². The third kappa shape index (κ3) is 20.8. The molecule has 282 valence electrons. The van der Waals surface area contributed by atoms with Gasteiger partial charge < -0.3 is 0 Å². The minimum atomic E-state index is 0.412. The van der Waals surface area contributed by atoms with Crippen molar-refractivity contribution in [2.75, 3.05) is 0 Å². The molecule has 0 saturated heterocycles. The first-order valence-electron chi connectivity index (χ1n) is 21.6. The normalized spacial score (nSPS) is 24.7. The first-order valence-corrected chi connectivity index (χ1v) is 21.6. The molecule has 0 heterocycles. The first-order chi connectivity index (χ1) is 22.5. The lowest BCUT2D eigenvalue weighted by atomic mass is 9.73. The number of hydrogen-bond donors (Lipinski definition) is 0. The van der Waals surface area contributed by atoms with E-state index in [4.69, 9.17) is 0 Å². The summed E-state index contributed by atoms with van der Waals surface area (Å²) < 4.78 is 0. The zero-order chi connectivity index (χ0) is 36.2. The fourth-order valence-corrected chi connectivity index (χ4v) is 8.64. The summed E-state index contributed by atoms with van der Waals surface area (Å²) in [5.74, 6) is 0. The van der Waals surface area contributed by atoms with Gasteiger partial charge in [-0.25, -0.2) is 0 Å². The van der Waals surface area contributed by atoms with Crippen molar-refractivity contribution in [1.82, 2.24) is 0 Å². The highest BCUT2D eigenvalue weighted by Gasteiger charge is 2.26. The highest BCUT2D eigenvalue weighted by atomic mass is 14.3. The molecule has 0 aliphatic heterocycles. The lowest BCUT2D eigenvalue weighted by Gasteiger charge is -2.32. The number of benzene rings is 1. The van der Waals surface area contributed by atoms with E-state index >= 15 is 0 Å². The smallest absolute Gasteiger partial charge is 0.0101 e. The zero-order valence-electron chi connectivity index (χ0n) is 35.5. The Balaban J connectivity index is 0.000000299. The van der Waals surface area contributed by atoms with Gasteiger partial charge in [0.1, 0.15) is 0 Å². The standard InChI is InChI=1S/C12H16.C10H20.C9H18.C8H16.C7H14.C2H6/c1-12(2)9-5-7-10-6-3-4-8-11(10)12;1-10(2)8-6-4-3-5-7-9-10;1-9(2)7-5-3-4-6-8-9;1-8(2)6-4-3-5-7-8;1-7(2)5-3-4-6-7;1-2/h3-4,6,8H,5,7,9H2,1-2H3;3-9H2,1-2H3;3-8H2,1-2H3;3-7H2,1-2H3;3-6H2,1-2H3;1-2H3. The van der Waals surface area contributed by atoms with Gasteiger partial charge in [0.2, 0.25) is 0 Å². The zero-order valence-corrected chi connectivity index (χ0v) is 35.5. The van der Waals surface area contributed by atoms with E-state index in [1.54, 1.807) is 11.1 Å². The van der Waals surface area contributed by atoms with Crippen molar-refractivity contribution in [2.45, 2.75) is 249 Å². The monoisotopic (exact) mass is 667 g/mol. The summed E-state index contributed by atoms with van der Waals surface area (Å²) in [6, 6.07) is 8.87. The van der Waals surface area contributed by atoms with Gasteiger partial charge in [0.15, 0.2) is 0 Å². The Labute approximate surface area is 305 Å². The molecule has 0 spiro atoms. The molecule has 5 aliphatic carbocycles. The van der Waals surface area contributed by atoms with Gasteiger partial charge in [0, 0.05) is 0 Å². The van der Waals surface area contributed by atoms with Crippen molar-refractivity contribution in [2.24, 2.45) is 21.7 Å². The van der Waals surface area contributed by atoms with Crippen LogP contribution in [0.4, 0.5) is 0 Å². The summed E-state index contributed by atoms with van der Waals surface area (Å²) in [6.07, 6.45) is 36.2. The molecule has 5 aliphatic rings. The second-order valence-electron chi connectivity index (χ2n) is 20.0. The molecule has 0 amide bonds. The van der Waals surface area contributed by atoms with Crippen LogP contribution in [0.5, 0.6) is 0 Å². The highest BCUT2D eigenvalue weighted by Crippen LogP contribution is 2.38. The highest BCUT2D eigenvalue weighted by molar-refractivity contribution is 5.35. The molecule has 4 saturated carbocycles. The predicted molar refractivity (Wildman–Crippen MR) is 220 cm³/mol. The Morgan fingerprint density at radius 1 is 0.333 bits per heavy atom. The molecule has 4 fully saturated rings. The van der Waals surface area contributed by atoms with Crippen LogP contribution >= 0.6 is 0 Å². The van der Waals surface area contributed by atoms with E-state index in [-0.39, 0.29) is 0 Å². The summed E-state index contributed by atoms with van der Waals surface area (Å²) in [5.41, 5.74) is 6.23. The third-order valence-electron chi connectivity index (χ3n) is 12.3. The fourth-order valence-electron chi connectivity index (χ4n) is 8.64. The van der Waals surface area contributed by atoms with Crippen molar-refractivity contribution < 1.29 is 0 Å². The van der Waals surface area contributed by atoms with Crippen LogP contribution in [0.25, 0.3) is 0 Å². The van der Waals surface area contributed by atoms with E-state index in [1.165, 1.54) is 161 Å². The molecule has 0 unspecified atom stereocenters. The molecule has 6 rings (SSSR count). The number of fused-ring (bicyclic) bond motifs is 1. The third-order valence-corrected chi connectivity index (χ3v) is 12.3. The second kappa shape index (κ2) is 22.9. The first kappa shape index (κ1) is 45.2. The van der Waals surface area contributed by atoms with Gasteiger partial charge in [-0.1, -0.05) is 197 Å². The van der Waals surface area contributed by atoms with Gasteiger partial charge in [-0.3, -0.25) is 0 Å². The van der Waals surface area contributed by atoms with Gasteiger partial charge in [0.25, 0.3) is 0 Å². The molecule has 48 heavy (non-hydrogen) atoms. The van der Waals surface area contributed by atoms with E-state index in [0.717, 1.165) is 0 Å². The van der Waals surface area contributed by atoms with E-state index in [0.29, 0.717) is 27.1 Å². The van der Waals surface area contributed by atoms with Gasteiger partial charge in [0.05, 0.1) is 0 Å². The Bertz CT molecular complexity index is 889. The average molecular weight is 667 g/mol. The van der Waals surface area contributed by atoms with Crippen LogP contribution in [0.2, 0.25) is 0 Å². The van der Waals surface area contributed by atoms with Gasteiger partial charge in [-0.2, -0.15) is 0 Å². The summed E-state index contributed by atoms with van der Waals surface area (Å²) >= 11 is 0.